The van der Waals surface area contributed by atoms with E-state index in [9.17, 15) is 0 Å². The second-order valence-corrected chi connectivity index (χ2v) is 5.58. The topological polar surface area (TPSA) is 143 Å². The van der Waals surface area contributed by atoms with Crippen molar-refractivity contribution in [3.63, 3.8) is 0 Å². The average molecular weight is 334 g/mol. The van der Waals surface area contributed by atoms with E-state index in [0.29, 0.717) is 45.9 Å². The molecule has 0 fully saturated rings. The summed E-state index contributed by atoms with van der Waals surface area (Å²) in [5.41, 5.74) is 13.7. The van der Waals surface area contributed by atoms with Gasteiger partial charge in [0.1, 0.15) is 0 Å². The molecule has 2 aromatic heterocycles. The first-order valence-electron chi connectivity index (χ1n) is 6.92. The van der Waals surface area contributed by atoms with Crippen LogP contribution in [0.25, 0.3) is 11.2 Å². The van der Waals surface area contributed by atoms with Crippen molar-refractivity contribution in [3.8, 4) is 0 Å². The highest BCUT2D eigenvalue weighted by atomic mass is 35.5. The molecule has 3 aromatic rings. The molecular weight excluding hydrogens is 318 g/mol. The Morgan fingerprint density at radius 2 is 2.09 bits per heavy atom. The monoisotopic (exact) mass is 333 g/mol. The predicted molar refractivity (Wildman–Crippen MR) is 90.8 cm³/mol. The van der Waals surface area contributed by atoms with Gasteiger partial charge >= 0.3 is 0 Å². The zero-order valence-corrected chi connectivity index (χ0v) is 13.1. The molecule has 23 heavy (non-hydrogen) atoms. The number of aromatic amines is 1. The minimum Gasteiger partial charge on any atom is -0.399 e. The summed E-state index contributed by atoms with van der Waals surface area (Å²) in [6.45, 7) is 2.42. The molecule has 0 amide bonds. The van der Waals surface area contributed by atoms with E-state index in [1.165, 1.54) is 0 Å². The molecule has 0 radical (unpaired) electrons. The molecule has 0 aliphatic rings. The number of rotatable bonds is 5. The molecule has 0 spiro atoms. The summed E-state index contributed by atoms with van der Waals surface area (Å²) in [5, 5.41) is 17.3. The lowest BCUT2D eigenvalue weighted by atomic mass is 10.3. The summed E-state index contributed by atoms with van der Waals surface area (Å²) < 4.78 is 0. The number of nitrogens with zero attached hydrogens (tertiary/aromatic N) is 4. The molecule has 0 bridgehead atoms. The van der Waals surface area contributed by atoms with E-state index in [2.05, 4.69) is 36.0 Å². The van der Waals surface area contributed by atoms with Gasteiger partial charge in [-0.15, -0.1) is 5.10 Å². The van der Waals surface area contributed by atoms with Gasteiger partial charge in [-0.3, -0.25) is 0 Å². The first kappa shape index (κ1) is 15.3. The number of aromatic nitrogens is 5. The largest absolute Gasteiger partial charge is 0.399 e. The van der Waals surface area contributed by atoms with E-state index in [4.69, 9.17) is 23.1 Å². The van der Waals surface area contributed by atoms with Gasteiger partial charge in [-0.25, -0.2) is 0 Å². The molecule has 120 valence electrons. The third-order valence-electron chi connectivity index (χ3n) is 2.95. The summed E-state index contributed by atoms with van der Waals surface area (Å²) >= 11 is 6.02. The molecule has 9 nitrogen and oxygen atoms in total. The Labute approximate surface area is 136 Å². The number of nitrogen functional groups attached to an aromatic ring is 1. The Balaban J connectivity index is 1.96. The lowest BCUT2D eigenvalue weighted by Crippen LogP contribution is -2.26. The van der Waals surface area contributed by atoms with E-state index in [1.807, 2.05) is 6.92 Å². The van der Waals surface area contributed by atoms with E-state index in [1.54, 1.807) is 18.2 Å². The number of H-pyrrole nitrogens is 1. The van der Waals surface area contributed by atoms with Crippen LogP contribution in [-0.2, 0) is 0 Å². The molecule has 0 saturated carbocycles. The summed E-state index contributed by atoms with van der Waals surface area (Å²) in [4.78, 5) is 8.68. The molecule has 1 atom stereocenters. The first-order chi connectivity index (χ1) is 11.0. The van der Waals surface area contributed by atoms with Crippen molar-refractivity contribution in [2.75, 3.05) is 22.9 Å². The van der Waals surface area contributed by atoms with Crippen molar-refractivity contribution >= 4 is 45.9 Å². The Morgan fingerprint density at radius 1 is 1.26 bits per heavy atom. The third-order valence-corrected chi connectivity index (χ3v) is 3.17. The Hall–Kier alpha value is -2.65. The molecule has 10 heteroatoms. The van der Waals surface area contributed by atoms with Crippen LogP contribution in [0.15, 0.2) is 18.2 Å². The molecule has 1 unspecified atom stereocenters. The first-order valence-corrected chi connectivity index (χ1v) is 7.30. The fraction of sp³-hybridized carbons (Fsp3) is 0.231. The maximum Gasteiger partial charge on any atom is 0.226 e. The minimum absolute atomic E-state index is 0.0317. The number of nitrogens with one attached hydrogen (secondary N) is 3. The highest BCUT2D eigenvalue weighted by Crippen LogP contribution is 2.26. The van der Waals surface area contributed by atoms with Crippen LogP contribution in [0.3, 0.4) is 0 Å². The highest BCUT2D eigenvalue weighted by molar-refractivity contribution is 6.31. The van der Waals surface area contributed by atoms with Crippen LogP contribution in [0.2, 0.25) is 5.02 Å². The number of nitrogens with two attached hydrogens (primary N) is 2. The van der Waals surface area contributed by atoms with Gasteiger partial charge in [-0.1, -0.05) is 11.6 Å². The predicted octanol–water partition coefficient (Wildman–Crippen LogP) is 1.49. The number of halogens is 1. The van der Waals surface area contributed by atoms with Crippen LogP contribution in [0, 0.1) is 0 Å². The van der Waals surface area contributed by atoms with Gasteiger partial charge in [0, 0.05) is 29.0 Å². The fourth-order valence-electron chi connectivity index (χ4n) is 1.99. The van der Waals surface area contributed by atoms with Crippen molar-refractivity contribution < 1.29 is 0 Å². The lowest BCUT2D eigenvalue weighted by molar-refractivity contribution is 0.774. The van der Waals surface area contributed by atoms with E-state index >= 15 is 0 Å². The minimum atomic E-state index is -0.0317. The summed E-state index contributed by atoms with van der Waals surface area (Å²) in [6, 6.07) is 5.11. The molecule has 1 aromatic carbocycles. The smallest absolute Gasteiger partial charge is 0.226 e. The average Bonchev–Trinajstić information content (AvgIpc) is 2.92. The number of fused-ring (bicyclic) bond motifs is 1. The third kappa shape index (κ3) is 3.58. The van der Waals surface area contributed by atoms with Gasteiger partial charge in [0.05, 0.1) is 0 Å². The standard InChI is InChI=1S/C13H16ClN9/c1-6(15)5-17-13-19-11(10-12(20-13)22-23-21-10)18-9-3-7(14)2-8(16)4-9/h2-4,6H,5,15-16H2,1H3,(H3,17,18,19,20,21,22,23). The molecule has 0 aliphatic heterocycles. The van der Waals surface area contributed by atoms with Gasteiger partial charge in [0.15, 0.2) is 11.3 Å². The molecule has 2 heterocycles. The van der Waals surface area contributed by atoms with Gasteiger partial charge in [0.25, 0.3) is 0 Å². The van der Waals surface area contributed by atoms with Crippen molar-refractivity contribution in [3.05, 3.63) is 23.2 Å². The summed E-state index contributed by atoms with van der Waals surface area (Å²) in [6.07, 6.45) is 0. The quantitative estimate of drug-likeness (QED) is 0.442. The Bertz CT molecular complexity index is 809. The zero-order valence-electron chi connectivity index (χ0n) is 12.3. The number of anilines is 4. The van der Waals surface area contributed by atoms with Crippen LogP contribution >= 0.6 is 11.6 Å². The Morgan fingerprint density at radius 3 is 2.83 bits per heavy atom. The van der Waals surface area contributed by atoms with Crippen LogP contribution in [0.4, 0.5) is 23.1 Å². The highest BCUT2D eigenvalue weighted by Gasteiger charge is 2.12. The van der Waals surface area contributed by atoms with Crippen LogP contribution in [-0.4, -0.2) is 38.0 Å². The Kier molecular flexibility index (Phi) is 4.13. The SMILES string of the molecule is CC(N)CNc1nc(Nc2cc(N)cc(Cl)c2)c2n[nH]nc2n1. The maximum atomic E-state index is 6.02. The van der Waals surface area contributed by atoms with Gasteiger partial charge in [-0.05, 0) is 25.1 Å². The fourth-order valence-corrected chi connectivity index (χ4v) is 2.23. The van der Waals surface area contributed by atoms with Crippen molar-refractivity contribution in [1.29, 1.82) is 0 Å². The van der Waals surface area contributed by atoms with Gasteiger partial charge < -0.3 is 22.1 Å². The van der Waals surface area contributed by atoms with E-state index < -0.39 is 0 Å². The second kappa shape index (κ2) is 6.23. The molecule has 0 aliphatic carbocycles. The van der Waals surface area contributed by atoms with Crippen molar-refractivity contribution in [2.24, 2.45) is 5.73 Å². The van der Waals surface area contributed by atoms with Gasteiger partial charge in [-0.2, -0.15) is 20.3 Å². The molecule has 3 rings (SSSR count). The lowest BCUT2D eigenvalue weighted by Gasteiger charge is -2.11. The number of hydrogen-bond donors (Lipinski definition) is 5. The zero-order chi connectivity index (χ0) is 16.4. The van der Waals surface area contributed by atoms with Crippen LogP contribution < -0.4 is 22.1 Å². The molecular formula is C13H16ClN9. The molecule has 7 N–H and O–H groups in total. The van der Waals surface area contributed by atoms with E-state index in [-0.39, 0.29) is 6.04 Å². The summed E-state index contributed by atoms with van der Waals surface area (Å²) in [5.74, 6) is 0.888. The molecule has 0 saturated heterocycles. The normalized spacial score (nSPS) is 12.3. The van der Waals surface area contributed by atoms with Gasteiger partial charge in [0.2, 0.25) is 11.6 Å². The van der Waals surface area contributed by atoms with Crippen molar-refractivity contribution in [2.45, 2.75) is 13.0 Å². The number of benzene rings is 1. The maximum absolute atomic E-state index is 6.02. The van der Waals surface area contributed by atoms with Crippen molar-refractivity contribution in [1.82, 2.24) is 25.4 Å². The van der Waals surface area contributed by atoms with Crippen LogP contribution in [0.5, 0.6) is 0 Å². The summed E-state index contributed by atoms with van der Waals surface area (Å²) in [7, 11) is 0. The van der Waals surface area contributed by atoms with E-state index in [0.717, 1.165) is 0 Å². The number of hydrogen-bond acceptors (Lipinski definition) is 8. The van der Waals surface area contributed by atoms with Crippen LogP contribution in [0.1, 0.15) is 6.92 Å². The second-order valence-electron chi connectivity index (χ2n) is 5.15.